The lowest BCUT2D eigenvalue weighted by atomic mass is 9.99. The lowest BCUT2D eigenvalue weighted by Crippen LogP contribution is -2.36. The summed E-state index contributed by atoms with van der Waals surface area (Å²) in [5.74, 6) is -0.354. The molecule has 1 amide bonds. The number of methoxy groups -OCH3 is 1. The predicted molar refractivity (Wildman–Crippen MR) is 103 cm³/mol. The summed E-state index contributed by atoms with van der Waals surface area (Å²) < 4.78 is 46.7. The van der Waals surface area contributed by atoms with Gasteiger partial charge in [-0.2, -0.15) is 13.2 Å². The minimum absolute atomic E-state index is 0.0710. The number of nitrogens with one attached hydrogen (secondary N) is 1. The maximum Gasteiger partial charge on any atom is 0.417 e. The summed E-state index contributed by atoms with van der Waals surface area (Å²) in [5.41, 5.74) is 0.551. The van der Waals surface area contributed by atoms with Crippen molar-refractivity contribution in [1.82, 2.24) is 14.9 Å². The van der Waals surface area contributed by atoms with E-state index >= 15 is 0 Å². The van der Waals surface area contributed by atoms with Gasteiger partial charge in [0.15, 0.2) is 0 Å². The number of halogens is 3. The molecule has 5 nitrogen and oxygen atoms in total. The van der Waals surface area contributed by atoms with Crippen LogP contribution < -0.4 is 5.32 Å². The van der Waals surface area contributed by atoms with E-state index in [1.165, 1.54) is 36.3 Å². The first-order valence-corrected chi connectivity index (χ1v) is 8.90. The Balaban J connectivity index is 1.97. The molecule has 0 spiro atoms. The topological polar surface area (TPSA) is 56.1 Å². The molecule has 0 saturated heterocycles. The molecule has 1 aromatic heterocycles. The number of benzene rings is 2. The number of rotatable bonds is 6. The molecule has 0 saturated carbocycles. The van der Waals surface area contributed by atoms with Gasteiger partial charge in [-0.1, -0.05) is 30.3 Å². The number of ether oxygens (including phenoxy) is 1. The van der Waals surface area contributed by atoms with Crippen molar-refractivity contribution in [1.29, 1.82) is 0 Å². The third-order valence-corrected chi connectivity index (χ3v) is 4.33. The molecule has 0 aliphatic heterocycles. The van der Waals surface area contributed by atoms with Gasteiger partial charge in [0, 0.05) is 18.8 Å². The van der Waals surface area contributed by atoms with Gasteiger partial charge in [-0.3, -0.25) is 9.36 Å². The van der Waals surface area contributed by atoms with E-state index in [1.807, 2.05) is 0 Å². The van der Waals surface area contributed by atoms with Gasteiger partial charge in [-0.05, 0) is 36.2 Å². The SMILES string of the molecule is COCC(C)NC(=O)c1cncn1-c1cccc(-c2ccccc2C(F)(F)F)c1. The van der Waals surface area contributed by atoms with Gasteiger partial charge in [0.1, 0.15) is 5.69 Å². The Morgan fingerprint density at radius 2 is 1.97 bits per heavy atom. The van der Waals surface area contributed by atoms with Crippen molar-refractivity contribution in [3.8, 4) is 16.8 Å². The van der Waals surface area contributed by atoms with Crippen LogP contribution in [-0.4, -0.2) is 35.2 Å². The van der Waals surface area contributed by atoms with Crippen molar-refractivity contribution >= 4 is 5.91 Å². The molecule has 1 unspecified atom stereocenters. The molecule has 1 heterocycles. The van der Waals surface area contributed by atoms with Crippen LogP contribution in [0.25, 0.3) is 16.8 Å². The van der Waals surface area contributed by atoms with E-state index in [0.29, 0.717) is 17.9 Å². The van der Waals surface area contributed by atoms with Gasteiger partial charge in [-0.25, -0.2) is 4.98 Å². The molecule has 1 atom stereocenters. The Morgan fingerprint density at radius 3 is 2.69 bits per heavy atom. The number of carbonyl (C=O) groups is 1. The number of nitrogens with zero attached hydrogens (tertiary/aromatic N) is 2. The number of imidazole rings is 1. The minimum atomic E-state index is -4.47. The largest absolute Gasteiger partial charge is 0.417 e. The fraction of sp³-hybridized carbons (Fsp3) is 0.238. The normalized spacial score (nSPS) is 12.6. The monoisotopic (exact) mass is 403 g/mol. The summed E-state index contributed by atoms with van der Waals surface area (Å²) in [4.78, 5) is 16.6. The van der Waals surface area contributed by atoms with E-state index < -0.39 is 11.7 Å². The van der Waals surface area contributed by atoms with Crippen LogP contribution in [0.1, 0.15) is 23.0 Å². The quantitative estimate of drug-likeness (QED) is 0.667. The molecule has 0 aliphatic rings. The second-order valence-electron chi connectivity index (χ2n) is 6.57. The molecular weight excluding hydrogens is 383 g/mol. The van der Waals surface area contributed by atoms with E-state index in [9.17, 15) is 18.0 Å². The second kappa shape index (κ2) is 8.48. The molecule has 0 radical (unpaired) electrons. The van der Waals surface area contributed by atoms with Gasteiger partial charge in [0.05, 0.1) is 24.7 Å². The highest BCUT2D eigenvalue weighted by atomic mass is 19.4. The molecule has 0 fully saturated rings. The molecule has 1 N–H and O–H groups in total. The van der Waals surface area contributed by atoms with Crippen LogP contribution in [0.3, 0.4) is 0 Å². The maximum atomic E-state index is 13.4. The zero-order valence-electron chi connectivity index (χ0n) is 15.9. The number of hydrogen-bond donors (Lipinski definition) is 1. The van der Waals surface area contributed by atoms with Gasteiger partial charge in [0.25, 0.3) is 5.91 Å². The molecule has 3 aromatic rings. The summed E-state index contributed by atoms with van der Waals surface area (Å²) in [6.07, 6.45) is -1.61. The van der Waals surface area contributed by atoms with Gasteiger partial charge in [-0.15, -0.1) is 0 Å². The number of hydrogen-bond acceptors (Lipinski definition) is 3. The molecular formula is C21H20F3N3O2. The molecule has 8 heteroatoms. The average Bonchev–Trinajstić information content (AvgIpc) is 3.18. The lowest BCUT2D eigenvalue weighted by molar-refractivity contribution is -0.137. The van der Waals surface area contributed by atoms with Crippen LogP contribution in [0.5, 0.6) is 0 Å². The van der Waals surface area contributed by atoms with Crippen LogP contribution >= 0.6 is 0 Å². The third kappa shape index (κ3) is 4.65. The minimum Gasteiger partial charge on any atom is -0.383 e. The highest BCUT2D eigenvalue weighted by molar-refractivity contribution is 5.93. The highest BCUT2D eigenvalue weighted by Crippen LogP contribution is 2.37. The Morgan fingerprint density at radius 1 is 1.21 bits per heavy atom. The van der Waals surface area contributed by atoms with E-state index in [1.54, 1.807) is 37.3 Å². The zero-order chi connectivity index (χ0) is 21.0. The number of amides is 1. The predicted octanol–water partition coefficient (Wildman–Crippen LogP) is 4.32. The van der Waals surface area contributed by atoms with Crippen LogP contribution in [0.2, 0.25) is 0 Å². The summed E-state index contributed by atoms with van der Waals surface area (Å²) in [7, 11) is 1.54. The standard InChI is InChI=1S/C21H20F3N3O2/c1-14(12-29-2)26-20(28)19-11-25-13-27(19)16-7-5-6-15(10-16)17-8-3-4-9-18(17)21(22,23)24/h3-11,13-14H,12H2,1-2H3,(H,26,28). The number of aromatic nitrogens is 2. The Bertz CT molecular complexity index is 999. The zero-order valence-corrected chi connectivity index (χ0v) is 15.9. The van der Waals surface area contributed by atoms with Gasteiger partial charge < -0.3 is 10.1 Å². The van der Waals surface area contributed by atoms with Crippen molar-refractivity contribution in [2.75, 3.05) is 13.7 Å². The average molecular weight is 403 g/mol. The highest BCUT2D eigenvalue weighted by Gasteiger charge is 2.33. The fourth-order valence-electron chi connectivity index (χ4n) is 3.06. The Hall–Kier alpha value is -3.13. The number of carbonyl (C=O) groups excluding carboxylic acids is 1. The van der Waals surface area contributed by atoms with Gasteiger partial charge in [0.2, 0.25) is 0 Å². The third-order valence-electron chi connectivity index (χ3n) is 4.33. The fourth-order valence-corrected chi connectivity index (χ4v) is 3.06. The summed E-state index contributed by atoms with van der Waals surface area (Å²) in [6.45, 7) is 2.15. The van der Waals surface area contributed by atoms with Crippen molar-refractivity contribution in [3.05, 3.63) is 72.3 Å². The van der Waals surface area contributed by atoms with Crippen LogP contribution in [0.15, 0.2) is 61.1 Å². The molecule has 3 rings (SSSR count). The first-order valence-electron chi connectivity index (χ1n) is 8.90. The van der Waals surface area contributed by atoms with Gasteiger partial charge >= 0.3 is 6.18 Å². The van der Waals surface area contributed by atoms with E-state index in [0.717, 1.165) is 6.07 Å². The smallest absolute Gasteiger partial charge is 0.383 e. The Kier molecular flexibility index (Phi) is 6.03. The van der Waals surface area contributed by atoms with E-state index in [4.69, 9.17) is 4.74 Å². The van der Waals surface area contributed by atoms with E-state index in [-0.39, 0.29) is 23.2 Å². The van der Waals surface area contributed by atoms with Crippen LogP contribution in [0, 0.1) is 0 Å². The second-order valence-corrected chi connectivity index (χ2v) is 6.57. The molecule has 29 heavy (non-hydrogen) atoms. The van der Waals surface area contributed by atoms with Crippen LogP contribution in [-0.2, 0) is 10.9 Å². The first-order chi connectivity index (χ1) is 13.8. The Labute approximate surface area is 166 Å². The summed E-state index contributed by atoms with van der Waals surface area (Å²) >= 11 is 0. The van der Waals surface area contributed by atoms with Crippen molar-refractivity contribution in [2.45, 2.75) is 19.1 Å². The molecule has 2 aromatic carbocycles. The maximum absolute atomic E-state index is 13.4. The number of alkyl halides is 3. The van der Waals surface area contributed by atoms with E-state index in [2.05, 4.69) is 10.3 Å². The first kappa shape index (κ1) is 20.6. The molecule has 152 valence electrons. The summed E-state index contributed by atoms with van der Waals surface area (Å²) in [5, 5.41) is 2.80. The summed E-state index contributed by atoms with van der Waals surface area (Å²) in [6, 6.07) is 11.7. The molecule has 0 aliphatic carbocycles. The molecule has 0 bridgehead atoms. The van der Waals surface area contributed by atoms with Crippen molar-refractivity contribution < 1.29 is 22.7 Å². The lowest BCUT2D eigenvalue weighted by Gasteiger charge is -2.15. The van der Waals surface area contributed by atoms with Crippen molar-refractivity contribution in [3.63, 3.8) is 0 Å². The van der Waals surface area contributed by atoms with Crippen LogP contribution in [0.4, 0.5) is 13.2 Å². The van der Waals surface area contributed by atoms with Crippen molar-refractivity contribution in [2.24, 2.45) is 0 Å².